The van der Waals surface area contributed by atoms with Crippen molar-refractivity contribution in [1.82, 2.24) is 0 Å². The van der Waals surface area contributed by atoms with E-state index in [1.165, 1.54) is 13.2 Å². The van der Waals surface area contributed by atoms with Gasteiger partial charge >= 0.3 is 0 Å². The fourth-order valence-corrected chi connectivity index (χ4v) is 2.02. The van der Waals surface area contributed by atoms with E-state index in [0.717, 1.165) is 0 Å². The number of benzene rings is 2. The van der Waals surface area contributed by atoms with Crippen LogP contribution in [-0.2, 0) is 0 Å². The first-order valence-corrected chi connectivity index (χ1v) is 5.71. The highest BCUT2D eigenvalue weighted by Crippen LogP contribution is 2.38. The molecule has 0 aliphatic heterocycles. The van der Waals surface area contributed by atoms with E-state index >= 15 is 0 Å². The molecule has 0 fully saturated rings. The quantitative estimate of drug-likeness (QED) is 0.830. The predicted molar refractivity (Wildman–Crippen MR) is 70.0 cm³/mol. The minimum absolute atomic E-state index is 0.332. The number of rotatable bonds is 3. The number of methoxy groups -OCH3 is 2. The summed E-state index contributed by atoms with van der Waals surface area (Å²) in [5.41, 5.74) is 0.931. The van der Waals surface area contributed by atoms with Gasteiger partial charge < -0.3 is 9.47 Å². The summed E-state index contributed by atoms with van der Waals surface area (Å²) in [4.78, 5) is 0. The van der Waals surface area contributed by atoms with Crippen molar-refractivity contribution in [3.8, 4) is 22.6 Å². The summed E-state index contributed by atoms with van der Waals surface area (Å²) in [5.74, 6) is 0.773. The molecule has 0 aliphatic carbocycles. The first kappa shape index (κ1) is 12.7. The van der Waals surface area contributed by atoms with Crippen LogP contribution in [-0.4, -0.2) is 14.2 Å². The van der Waals surface area contributed by atoms with Crippen LogP contribution < -0.4 is 9.47 Å². The summed E-state index contributed by atoms with van der Waals surface area (Å²) in [6.07, 6.45) is 0. The summed E-state index contributed by atoms with van der Waals surface area (Å²) in [6.45, 7) is 0. The van der Waals surface area contributed by atoms with Gasteiger partial charge in [0.2, 0.25) is 0 Å². The van der Waals surface area contributed by atoms with E-state index in [1.807, 2.05) is 0 Å². The highest BCUT2D eigenvalue weighted by Gasteiger charge is 2.14. The standard InChI is InChI=1S/C14H12ClFO2/c1-17-9-6-7-10(13(8-9)18-2)14-11(15)4-3-5-12(14)16/h3-8H,1-2H3. The first-order chi connectivity index (χ1) is 8.67. The lowest BCUT2D eigenvalue weighted by Crippen LogP contribution is -1.93. The van der Waals surface area contributed by atoms with Crippen LogP contribution in [0.1, 0.15) is 0 Å². The van der Waals surface area contributed by atoms with Gasteiger partial charge in [0.15, 0.2) is 0 Å². The SMILES string of the molecule is COc1ccc(-c2c(F)cccc2Cl)c(OC)c1. The topological polar surface area (TPSA) is 18.5 Å². The Bertz CT molecular complexity index is 549. The molecule has 0 heterocycles. The van der Waals surface area contributed by atoms with Gasteiger partial charge in [-0.25, -0.2) is 4.39 Å². The van der Waals surface area contributed by atoms with Crippen LogP contribution in [0.25, 0.3) is 11.1 Å². The van der Waals surface area contributed by atoms with Gasteiger partial charge in [-0.3, -0.25) is 0 Å². The fraction of sp³-hybridized carbons (Fsp3) is 0.143. The Labute approximate surface area is 110 Å². The molecule has 4 heteroatoms. The third kappa shape index (κ3) is 2.27. The molecule has 94 valence electrons. The summed E-state index contributed by atoms with van der Waals surface area (Å²) in [7, 11) is 3.08. The third-order valence-electron chi connectivity index (χ3n) is 2.64. The third-order valence-corrected chi connectivity index (χ3v) is 2.96. The van der Waals surface area contributed by atoms with Crippen LogP contribution in [0.15, 0.2) is 36.4 Å². The molecular formula is C14H12ClFO2. The van der Waals surface area contributed by atoms with Crippen LogP contribution in [0.5, 0.6) is 11.5 Å². The van der Waals surface area contributed by atoms with Crippen molar-refractivity contribution >= 4 is 11.6 Å². The molecule has 2 rings (SSSR count). The van der Waals surface area contributed by atoms with Crippen molar-refractivity contribution < 1.29 is 13.9 Å². The Morgan fingerprint density at radius 2 is 1.83 bits per heavy atom. The predicted octanol–water partition coefficient (Wildman–Crippen LogP) is 4.16. The Morgan fingerprint density at radius 3 is 2.44 bits per heavy atom. The monoisotopic (exact) mass is 266 g/mol. The molecule has 0 atom stereocenters. The molecule has 0 unspecified atom stereocenters. The van der Waals surface area contributed by atoms with Crippen LogP contribution in [0, 0.1) is 5.82 Å². The maximum Gasteiger partial charge on any atom is 0.132 e. The Balaban J connectivity index is 2.63. The molecule has 0 amide bonds. The fourth-order valence-electron chi connectivity index (χ4n) is 1.76. The smallest absolute Gasteiger partial charge is 0.132 e. The summed E-state index contributed by atoms with van der Waals surface area (Å²) < 4.78 is 24.2. The molecule has 18 heavy (non-hydrogen) atoms. The summed E-state index contributed by atoms with van der Waals surface area (Å²) in [5, 5.41) is 0.346. The van der Waals surface area contributed by atoms with Crippen molar-refractivity contribution in [1.29, 1.82) is 0 Å². The van der Waals surface area contributed by atoms with Gasteiger partial charge in [0, 0.05) is 17.2 Å². The molecule has 2 aromatic rings. The van der Waals surface area contributed by atoms with Crippen molar-refractivity contribution in [2.75, 3.05) is 14.2 Å². The molecule has 0 radical (unpaired) electrons. The lowest BCUT2D eigenvalue weighted by Gasteiger charge is -2.12. The zero-order valence-electron chi connectivity index (χ0n) is 10.0. The molecule has 0 saturated heterocycles. The molecular weight excluding hydrogens is 255 g/mol. The molecule has 0 aliphatic rings. The first-order valence-electron chi connectivity index (χ1n) is 5.33. The Morgan fingerprint density at radius 1 is 1.06 bits per heavy atom. The maximum absolute atomic E-state index is 13.9. The average molecular weight is 267 g/mol. The zero-order valence-corrected chi connectivity index (χ0v) is 10.8. The van der Waals surface area contributed by atoms with Crippen molar-refractivity contribution in [3.05, 3.63) is 47.2 Å². The van der Waals surface area contributed by atoms with Crippen molar-refractivity contribution in [2.45, 2.75) is 0 Å². The van der Waals surface area contributed by atoms with E-state index in [4.69, 9.17) is 21.1 Å². The number of hydrogen-bond acceptors (Lipinski definition) is 2. The van der Waals surface area contributed by atoms with Crippen molar-refractivity contribution in [3.63, 3.8) is 0 Å². The molecule has 0 bridgehead atoms. The lowest BCUT2D eigenvalue weighted by atomic mass is 10.0. The number of halogens is 2. The zero-order chi connectivity index (χ0) is 13.1. The summed E-state index contributed by atoms with van der Waals surface area (Å²) in [6, 6.07) is 9.73. The van der Waals surface area contributed by atoms with Crippen LogP contribution >= 0.6 is 11.6 Å². The van der Waals surface area contributed by atoms with Gasteiger partial charge in [-0.15, -0.1) is 0 Å². The van der Waals surface area contributed by atoms with Gasteiger partial charge in [0.1, 0.15) is 17.3 Å². The van der Waals surface area contributed by atoms with Gasteiger partial charge in [0.25, 0.3) is 0 Å². The van der Waals surface area contributed by atoms with E-state index in [-0.39, 0.29) is 5.82 Å². The largest absolute Gasteiger partial charge is 0.497 e. The Kier molecular flexibility index (Phi) is 3.72. The number of hydrogen-bond donors (Lipinski definition) is 0. The van der Waals surface area contributed by atoms with Gasteiger partial charge in [-0.05, 0) is 24.3 Å². The highest BCUT2D eigenvalue weighted by atomic mass is 35.5. The van der Waals surface area contributed by atoms with E-state index < -0.39 is 0 Å². The van der Waals surface area contributed by atoms with Crippen LogP contribution in [0.2, 0.25) is 5.02 Å². The second-order valence-corrected chi connectivity index (χ2v) is 4.07. The molecule has 0 N–H and O–H groups in total. The molecule has 0 spiro atoms. The van der Waals surface area contributed by atoms with E-state index in [1.54, 1.807) is 37.4 Å². The van der Waals surface area contributed by atoms with Crippen LogP contribution in [0.3, 0.4) is 0 Å². The highest BCUT2D eigenvalue weighted by molar-refractivity contribution is 6.33. The van der Waals surface area contributed by atoms with E-state index in [9.17, 15) is 4.39 Å². The van der Waals surface area contributed by atoms with E-state index in [2.05, 4.69) is 0 Å². The van der Waals surface area contributed by atoms with Gasteiger partial charge in [-0.1, -0.05) is 17.7 Å². The van der Waals surface area contributed by atoms with Gasteiger partial charge in [0.05, 0.1) is 19.2 Å². The van der Waals surface area contributed by atoms with Gasteiger partial charge in [-0.2, -0.15) is 0 Å². The summed E-state index contributed by atoms with van der Waals surface area (Å²) >= 11 is 6.04. The molecule has 0 saturated carbocycles. The average Bonchev–Trinajstić information content (AvgIpc) is 2.38. The van der Waals surface area contributed by atoms with Crippen molar-refractivity contribution in [2.24, 2.45) is 0 Å². The van der Waals surface area contributed by atoms with Crippen LogP contribution in [0.4, 0.5) is 4.39 Å². The maximum atomic E-state index is 13.9. The lowest BCUT2D eigenvalue weighted by molar-refractivity contribution is 0.395. The Hall–Kier alpha value is -1.74. The molecule has 2 nitrogen and oxygen atoms in total. The van der Waals surface area contributed by atoms with E-state index in [0.29, 0.717) is 27.6 Å². The number of ether oxygens (including phenoxy) is 2. The second-order valence-electron chi connectivity index (χ2n) is 3.66. The normalized spacial score (nSPS) is 10.2. The molecule has 0 aromatic heterocycles. The molecule has 2 aromatic carbocycles. The minimum atomic E-state index is -0.383. The second kappa shape index (κ2) is 5.27. The minimum Gasteiger partial charge on any atom is -0.497 e.